The topological polar surface area (TPSA) is 81.0 Å². The number of fused-ring (bicyclic) bond motifs is 1. The molecule has 4 rings (SSSR count). The number of para-hydroxylation sites is 2. The van der Waals surface area contributed by atoms with Gasteiger partial charge in [0.05, 0.1) is 18.7 Å². The lowest BCUT2D eigenvalue weighted by molar-refractivity contribution is -0.126. The highest BCUT2D eigenvalue weighted by atomic mass is 16.6. The van der Waals surface area contributed by atoms with Gasteiger partial charge in [-0.25, -0.2) is 0 Å². The first kappa shape index (κ1) is 17.5. The first-order chi connectivity index (χ1) is 13.2. The Morgan fingerprint density at radius 2 is 2.00 bits per heavy atom. The average molecular weight is 370 g/mol. The van der Waals surface area contributed by atoms with Crippen LogP contribution in [0.15, 0.2) is 47.1 Å². The van der Waals surface area contributed by atoms with Gasteiger partial charge in [0.2, 0.25) is 5.91 Å². The third-order valence-corrected chi connectivity index (χ3v) is 4.88. The van der Waals surface area contributed by atoms with E-state index in [0.29, 0.717) is 37.8 Å². The highest BCUT2D eigenvalue weighted by Gasteiger charge is 2.30. The van der Waals surface area contributed by atoms with Crippen LogP contribution in [0.5, 0.6) is 11.5 Å². The Balaban J connectivity index is 1.29. The summed E-state index contributed by atoms with van der Waals surface area (Å²) in [5.41, 5.74) is 0. The molecule has 1 fully saturated rings. The van der Waals surface area contributed by atoms with E-state index in [9.17, 15) is 9.59 Å². The van der Waals surface area contributed by atoms with Crippen molar-refractivity contribution in [2.45, 2.75) is 18.9 Å². The minimum atomic E-state index is -0.228. The van der Waals surface area contributed by atoms with Crippen molar-refractivity contribution in [2.75, 3.05) is 26.2 Å². The van der Waals surface area contributed by atoms with Gasteiger partial charge in [0.25, 0.3) is 5.91 Å². The third kappa shape index (κ3) is 3.92. The van der Waals surface area contributed by atoms with E-state index in [1.165, 1.54) is 6.26 Å². The summed E-state index contributed by atoms with van der Waals surface area (Å²) in [5, 5.41) is 2.94. The molecule has 0 saturated carbocycles. The molecule has 1 aromatic carbocycles. The predicted octanol–water partition coefficient (Wildman–Crippen LogP) is 2.09. The maximum Gasteiger partial charge on any atom is 0.289 e. The second-order valence-corrected chi connectivity index (χ2v) is 6.81. The first-order valence-corrected chi connectivity index (χ1v) is 9.19. The Bertz CT molecular complexity index is 804. The Kier molecular flexibility index (Phi) is 5.00. The maximum atomic E-state index is 12.6. The standard InChI is InChI=1S/C20H22N2O5/c23-19(21-11-15-13-26-16-6-1-2-7-17(16)27-15)14-5-3-9-22(12-14)20(24)18-8-4-10-25-18/h1-2,4,6-8,10,14-15H,3,5,9,11-13H2,(H,21,23). The third-order valence-electron chi connectivity index (χ3n) is 4.88. The molecule has 1 N–H and O–H groups in total. The molecule has 2 aliphatic heterocycles. The van der Waals surface area contributed by atoms with Crippen LogP contribution in [0.1, 0.15) is 23.4 Å². The van der Waals surface area contributed by atoms with Gasteiger partial charge in [-0.1, -0.05) is 12.1 Å². The molecular weight excluding hydrogens is 348 g/mol. The molecule has 1 saturated heterocycles. The zero-order valence-corrected chi connectivity index (χ0v) is 14.9. The lowest BCUT2D eigenvalue weighted by atomic mass is 9.97. The summed E-state index contributed by atoms with van der Waals surface area (Å²) in [6.45, 7) is 1.80. The van der Waals surface area contributed by atoms with E-state index >= 15 is 0 Å². The molecule has 2 aromatic rings. The summed E-state index contributed by atoms with van der Waals surface area (Å²) in [6, 6.07) is 10.8. The van der Waals surface area contributed by atoms with E-state index in [1.54, 1.807) is 17.0 Å². The van der Waals surface area contributed by atoms with Crippen LogP contribution in [0.25, 0.3) is 0 Å². The normalized spacial score (nSPS) is 21.6. The number of carbonyl (C=O) groups excluding carboxylic acids is 2. The highest BCUT2D eigenvalue weighted by molar-refractivity contribution is 5.92. The van der Waals surface area contributed by atoms with Crippen LogP contribution in [0.2, 0.25) is 0 Å². The zero-order valence-electron chi connectivity index (χ0n) is 14.9. The van der Waals surface area contributed by atoms with E-state index in [2.05, 4.69) is 5.32 Å². The number of ether oxygens (including phenoxy) is 2. The number of hydrogen-bond acceptors (Lipinski definition) is 5. The summed E-state index contributed by atoms with van der Waals surface area (Å²) >= 11 is 0. The zero-order chi connectivity index (χ0) is 18.6. The van der Waals surface area contributed by atoms with Gasteiger partial charge >= 0.3 is 0 Å². The minimum Gasteiger partial charge on any atom is -0.486 e. The van der Waals surface area contributed by atoms with E-state index in [4.69, 9.17) is 13.9 Å². The number of benzene rings is 1. The van der Waals surface area contributed by atoms with E-state index < -0.39 is 0 Å². The van der Waals surface area contributed by atoms with Gasteiger partial charge in [-0.15, -0.1) is 0 Å². The fraction of sp³-hybridized carbons (Fsp3) is 0.400. The van der Waals surface area contributed by atoms with Crippen LogP contribution in [0.4, 0.5) is 0 Å². The van der Waals surface area contributed by atoms with E-state index in [1.807, 2.05) is 24.3 Å². The van der Waals surface area contributed by atoms with Crippen LogP contribution in [-0.2, 0) is 4.79 Å². The number of carbonyl (C=O) groups is 2. The highest BCUT2D eigenvalue weighted by Crippen LogP contribution is 2.30. The Morgan fingerprint density at radius 3 is 2.81 bits per heavy atom. The summed E-state index contributed by atoms with van der Waals surface area (Å²) in [4.78, 5) is 26.7. The SMILES string of the molecule is O=C(NCC1COc2ccccc2O1)C1CCCN(C(=O)c2ccco2)C1. The number of furan rings is 1. The van der Waals surface area contributed by atoms with Crippen LogP contribution >= 0.6 is 0 Å². The van der Waals surface area contributed by atoms with Crippen molar-refractivity contribution in [1.82, 2.24) is 10.2 Å². The molecule has 7 nitrogen and oxygen atoms in total. The smallest absolute Gasteiger partial charge is 0.289 e. The van der Waals surface area contributed by atoms with Crippen molar-refractivity contribution in [1.29, 1.82) is 0 Å². The molecule has 2 aliphatic rings. The molecule has 0 aliphatic carbocycles. The quantitative estimate of drug-likeness (QED) is 0.891. The van der Waals surface area contributed by atoms with Crippen LogP contribution in [0.3, 0.4) is 0 Å². The minimum absolute atomic E-state index is 0.0607. The fourth-order valence-corrected chi connectivity index (χ4v) is 3.45. The monoisotopic (exact) mass is 370 g/mol. The van der Waals surface area contributed by atoms with Gasteiger partial charge in [0, 0.05) is 13.1 Å². The van der Waals surface area contributed by atoms with Crippen molar-refractivity contribution in [3.63, 3.8) is 0 Å². The van der Waals surface area contributed by atoms with Gasteiger partial charge in [-0.05, 0) is 37.1 Å². The van der Waals surface area contributed by atoms with Gasteiger partial charge in [0.15, 0.2) is 17.3 Å². The Morgan fingerprint density at radius 1 is 1.15 bits per heavy atom. The number of rotatable bonds is 4. The molecule has 0 spiro atoms. The van der Waals surface area contributed by atoms with Gasteiger partial charge in [-0.3, -0.25) is 9.59 Å². The second-order valence-electron chi connectivity index (χ2n) is 6.81. The molecule has 7 heteroatoms. The Labute approximate surface area is 157 Å². The maximum absolute atomic E-state index is 12.6. The largest absolute Gasteiger partial charge is 0.486 e. The summed E-state index contributed by atoms with van der Waals surface area (Å²) in [7, 11) is 0. The van der Waals surface area contributed by atoms with Crippen molar-refractivity contribution < 1.29 is 23.5 Å². The number of hydrogen-bond donors (Lipinski definition) is 1. The second kappa shape index (κ2) is 7.73. The molecule has 2 atom stereocenters. The molecular formula is C20H22N2O5. The van der Waals surface area contributed by atoms with Crippen molar-refractivity contribution in [2.24, 2.45) is 5.92 Å². The summed E-state index contributed by atoms with van der Waals surface area (Å²) < 4.78 is 16.7. The van der Waals surface area contributed by atoms with Crippen molar-refractivity contribution >= 4 is 11.8 Å². The molecule has 142 valence electrons. The molecule has 0 radical (unpaired) electrons. The Hall–Kier alpha value is -2.96. The van der Waals surface area contributed by atoms with Crippen LogP contribution < -0.4 is 14.8 Å². The molecule has 2 unspecified atom stereocenters. The molecule has 2 amide bonds. The van der Waals surface area contributed by atoms with Crippen molar-refractivity contribution in [3.8, 4) is 11.5 Å². The molecule has 27 heavy (non-hydrogen) atoms. The number of amides is 2. The molecule has 0 bridgehead atoms. The number of nitrogens with one attached hydrogen (secondary N) is 1. The lowest BCUT2D eigenvalue weighted by Gasteiger charge is -2.32. The van der Waals surface area contributed by atoms with Gasteiger partial charge in [-0.2, -0.15) is 0 Å². The summed E-state index contributed by atoms with van der Waals surface area (Å²) in [6.07, 6.45) is 2.80. The average Bonchev–Trinajstić information content (AvgIpc) is 3.26. The number of likely N-dealkylation sites (tertiary alicyclic amines) is 1. The first-order valence-electron chi connectivity index (χ1n) is 9.19. The van der Waals surface area contributed by atoms with Crippen LogP contribution in [0, 0.1) is 5.92 Å². The van der Waals surface area contributed by atoms with Crippen molar-refractivity contribution in [3.05, 3.63) is 48.4 Å². The van der Waals surface area contributed by atoms with E-state index in [-0.39, 0.29) is 23.8 Å². The number of nitrogens with zero attached hydrogens (tertiary/aromatic N) is 1. The summed E-state index contributed by atoms with van der Waals surface area (Å²) in [5.74, 6) is 1.26. The van der Waals surface area contributed by atoms with Crippen LogP contribution in [-0.4, -0.2) is 49.1 Å². The van der Waals surface area contributed by atoms with E-state index in [0.717, 1.165) is 18.6 Å². The lowest BCUT2D eigenvalue weighted by Crippen LogP contribution is -2.48. The van der Waals surface area contributed by atoms with Gasteiger partial charge < -0.3 is 24.1 Å². The fourth-order valence-electron chi connectivity index (χ4n) is 3.45. The predicted molar refractivity (Wildman–Crippen MR) is 96.7 cm³/mol. The molecule has 3 heterocycles. The molecule has 1 aromatic heterocycles. The van der Waals surface area contributed by atoms with Gasteiger partial charge in [0.1, 0.15) is 12.7 Å². The number of piperidine rings is 1.